The molecule has 0 heterocycles. The first-order valence-electron chi connectivity index (χ1n) is 7.63. The van der Waals surface area contributed by atoms with Gasteiger partial charge in [0.25, 0.3) is 0 Å². The van der Waals surface area contributed by atoms with E-state index in [0.29, 0.717) is 34.8 Å². The van der Waals surface area contributed by atoms with Crippen LogP contribution in [0.4, 0.5) is 0 Å². The Morgan fingerprint density at radius 3 is 2.56 bits per heavy atom. The van der Waals surface area contributed by atoms with Crippen LogP contribution in [0.3, 0.4) is 0 Å². The summed E-state index contributed by atoms with van der Waals surface area (Å²) in [4.78, 5) is 11.4. The van der Waals surface area contributed by atoms with Gasteiger partial charge in [0.2, 0.25) is 0 Å². The van der Waals surface area contributed by atoms with Crippen molar-refractivity contribution in [3.8, 4) is 11.5 Å². The van der Waals surface area contributed by atoms with Gasteiger partial charge >= 0.3 is 5.97 Å². The Bertz CT molecular complexity index is 772. The van der Waals surface area contributed by atoms with Gasteiger partial charge in [0, 0.05) is 6.08 Å². The van der Waals surface area contributed by atoms with Gasteiger partial charge in [-0.25, -0.2) is 4.79 Å². The molecule has 0 bridgehead atoms. The fourth-order valence-corrected chi connectivity index (χ4v) is 2.38. The molecule has 4 nitrogen and oxygen atoms in total. The normalized spacial score (nSPS) is 10.7. The molecule has 0 spiro atoms. The van der Waals surface area contributed by atoms with Crippen LogP contribution in [0, 0.1) is 0 Å². The predicted octanol–water partition coefficient (Wildman–Crippen LogP) is 5.16. The molecule has 0 aliphatic carbocycles. The minimum absolute atomic E-state index is 0.304. The van der Waals surface area contributed by atoms with E-state index in [2.05, 4.69) is 0 Å². The molecule has 0 unspecified atom stereocenters. The lowest BCUT2D eigenvalue weighted by molar-refractivity contribution is -0.137. The van der Waals surface area contributed by atoms with E-state index in [9.17, 15) is 4.79 Å². The third-order valence-corrected chi connectivity index (χ3v) is 4.00. The maximum Gasteiger partial charge on any atom is 0.330 e. The van der Waals surface area contributed by atoms with E-state index in [1.54, 1.807) is 44.4 Å². The summed E-state index contributed by atoms with van der Waals surface area (Å²) in [5.74, 6) is 0.754. The highest BCUT2D eigenvalue weighted by molar-refractivity contribution is 6.42. The molecule has 0 fully saturated rings. The van der Waals surface area contributed by atoms with Gasteiger partial charge in [-0.15, -0.1) is 0 Å². The molecule has 0 atom stereocenters. The number of benzene rings is 2. The van der Waals surface area contributed by atoms with Crippen molar-refractivity contribution >= 4 is 35.2 Å². The average Bonchev–Trinajstić information content (AvgIpc) is 2.61. The lowest BCUT2D eigenvalue weighted by Crippen LogP contribution is -1.99. The number of esters is 1. The van der Waals surface area contributed by atoms with Gasteiger partial charge in [-0.05, 0) is 48.4 Å². The summed E-state index contributed by atoms with van der Waals surface area (Å²) in [6.07, 6.45) is 3.03. The summed E-state index contributed by atoms with van der Waals surface area (Å²) in [5, 5.41) is 0.968. The van der Waals surface area contributed by atoms with Crippen LogP contribution in [0.2, 0.25) is 10.0 Å². The Hall–Kier alpha value is -2.17. The molecule has 0 radical (unpaired) electrons. The molecular weight excluding hydrogens is 363 g/mol. The SMILES string of the molecule is CCOC(=O)/C=C/c1ccc(OC)c(OCc2ccc(Cl)c(Cl)c2)c1. The monoisotopic (exact) mass is 380 g/mol. The maximum atomic E-state index is 11.4. The third-order valence-electron chi connectivity index (χ3n) is 3.26. The Morgan fingerprint density at radius 2 is 1.88 bits per heavy atom. The van der Waals surface area contributed by atoms with Crippen LogP contribution in [-0.4, -0.2) is 19.7 Å². The Kier molecular flexibility index (Phi) is 7.16. The van der Waals surface area contributed by atoms with Crippen LogP contribution >= 0.6 is 23.2 Å². The zero-order valence-corrected chi connectivity index (χ0v) is 15.4. The summed E-state index contributed by atoms with van der Waals surface area (Å²) >= 11 is 11.9. The number of carbonyl (C=O) groups is 1. The number of carbonyl (C=O) groups excluding carboxylic acids is 1. The van der Waals surface area contributed by atoms with E-state index in [4.69, 9.17) is 37.4 Å². The fourth-order valence-electron chi connectivity index (χ4n) is 2.05. The molecule has 25 heavy (non-hydrogen) atoms. The minimum atomic E-state index is -0.392. The molecule has 0 aliphatic heterocycles. The molecule has 0 saturated heterocycles. The zero-order chi connectivity index (χ0) is 18.2. The van der Waals surface area contributed by atoms with Crippen molar-refractivity contribution in [3.05, 3.63) is 63.6 Å². The van der Waals surface area contributed by atoms with Gasteiger partial charge in [0.15, 0.2) is 11.5 Å². The van der Waals surface area contributed by atoms with E-state index in [1.807, 2.05) is 12.1 Å². The van der Waals surface area contributed by atoms with Crippen LogP contribution in [0.15, 0.2) is 42.5 Å². The molecular formula is C19H18Cl2O4. The molecule has 2 aromatic carbocycles. The lowest BCUT2D eigenvalue weighted by atomic mass is 10.2. The first-order chi connectivity index (χ1) is 12.0. The second kappa shape index (κ2) is 9.35. The highest BCUT2D eigenvalue weighted by Crippen LogP contribution is 2.30. The fraction of sp³-hybridized carbons (Fsp3) is 0.211. The summed E-state index contributed by atoms with van der Waals surface area (Å²) in [6, 6.07) is 10.7. The van der Waals surface area contributed by atoms with Crippen LogP contribution in [-0.2, 0) is 16.1 Å². The standard InChI is InChI=1S/C19H18Cl2O4/c1-3-24-19(22)9-6-13-5-8-17(23-2)18(11-13)25-12-14-4-7-15(20)16(21)10-14/h4-11H,3,12H2,1-2H3/b9-6+. The Balaban J connectivity index is 2.13. The summed E-state index contributed by atoms with van der Waals surface area (Å²) < 4.78 is 16.0. The molecule has 0 amide bonds. The van der Waals surface area contributed by atoms with Gasteiger partial charge in [0.1, 0.15) is 6.61 Å². The highest BCUT2D eigenvalue weighted by atomic mass is 35.5. The molecule has 0 saturated carbocycles. The highest BCUT2D eigenvalue weighted by Gasteiger charge is 2.07. The van der Waals surface area contributed by atoms with Crippen molar-refractivity contribution in [1.82, 2.24) is 0 Å². The third kappa shape index (κ3) is 5.69. The Labute approximate surface area is 156 Å². The predicted molar refractivity (Wildman–Crippen MR) is 99.5 cm³/mol. The first-order valence-corrected chi connectivity index (χ1v) is 8.38. The van der Waals surface area contributed by atoms with Crippen molar-refractivity contribution in [2.45, 2.75) is 13.5 Å². The van der Waals surface area contributed by atoms with Gasteiger partial charge in [-0.3, -0.25) is 0 Å². The number of methoxy groups -OCH3 is 1. The topological polar surface area (TPSA) is 44.8 Å². The Morgan fingerprint density at radius 1 is 1.08 bits per heavy atom. The zero-order valence-electron chi connectivity index (χ0n) is 13.9. The second-order valence-electron chi connectivity index (χ2n) is 5.03. The van der Waals surface area contributed by atoms with Crippen LogP contribution in [0.5, 0.6) is 11.5 Å². The van der Waals surface area contributed by atoms with Gasteiger partial charge in [-0.2, -0.15) is 0 Å². The average molecular weight is 381 g/mol. The van der Waals surface area contributed by atoms with Crippen molar-refractivity contribution in [2.24, 2.45) is 0 Å². The number of hydrogen-bond donors (Lipinski definition) is 0. The summed E-state index contributed by atoms with van der Waals surface area (Å²) in [7, 11) is 1.56. The van der Waals surface area contributed by atoms with Gasteiger partial charge < -0.3 is 14.2 Å². The quantitative estimate of drug-likeness (QED) is 0.491. The lowest BCUT2D eigenvalue weighted by Gasteiger charge is -2.12. The van der Waals surface area contributed by atoms with E-state index in [0.717, 1.165) is 11.1 Å². The van der Waals surface area contributed by atoms with E-state index in [1.165, 1.54) is 6.08 Å². The molecule has 132 valence electrons. The van der Waals surface area contributed by atoms with E-state index < -0.39 is 5.97 Å². The number of rotatable bonds is 7. The molecule has 0 aliphatic rings. The summed E-state index contributed by atoms with van der Waals surface area (Å²) in [5.41, 5.74) is 1.67. The van der Waals surface area contributed by atoms with Crippen molar-refractivity contribution in [2.75, 3.05) is 13.7 Å². The van der Waals surface area contributed by atoms with Crippen molar-refractivity contribution in [3.63, 3.8) is 0 Å². The van der Waals surface area contributed by atoms with Gasteiger partial charge in [-0.1, -0.05) is 35.3 Å². The van der Waals surface area contributed by atoms with E-state index in [-0.39, 0.29) is 0 Å². The number of halogens is 2. The molecule has 6 heteroatoms. The first kappa shape index (κ1) is 19.2. The van der Waals surface area contributed by atoms with Gasteiger partial charge in [0.05, 0.1) is 23.8 Å². The second-order valence-corrected chi connectivity index (χ2v) is 5.85. The number of hydrogen-bond acceptors (Lipinski definition) is 4. The van der Waals surface area contributed by atoms with Crippen LogP contribution in [0.25, 0.3) is 6.08 Å². The molecule has 2 rings (SSSR count). The molecule has 0 N–H and O–H groups in total. The summed E-state index contributed by atoms with van der Waals surface area (Å²) in [6.45, 7) is 2.40. The maximum absolute atomic E-state index is 11.4. The van der Waals surface area contributed by atoms with Crippen LogP contribution in [0.1, 0.15) is 18.1 Å². The largest absolute Gasteiger partial charge is 0.493 e. The number of ether oxygens (including phenoxy) is 3. The van der Waals surface area contributed by atoms with Crippen molar-refractivity contribution in [1.29, 1.82) is 0 Å². The molecule has 2 aromatic rings. The van der Waals surface area contributed by atoms with Crippen LogP contribution < -0.4 is 9.47 Å². The molecule has 0 aromatic heterocycles. The van der Waals surface area contributed by atoms with Crippen molar-refractivity contribution < 1.29 is 19.0 Å². The smallest absolute Gasteiger partial charge is 0.330 e. The minimum Gasteiger partial charge on any atom is -0.493 e. The van der Waals surface area contributed by atoms with E-state index >= 15 is 0 Å².